The highest BCUT2D eigenvalue weighted by atomic mass is 32.1. The van der Waals surface area contributed by atoms with Gasteiger partial charge in [-0.1, -0.05) is 0 Å². The van der Waals surface area contributed by atoms with Gasteiger partial charge >= 0.3 is 0 Å². The Morgan fingerprint density at radius 1 is 1.60 bits per heavy atom. The molecular weight excluding hydrogens is 210 g/mol. The molecule has 0 aliphatic carbocycles. The zero-order valence-electron chi connectivity index (χ0n) is 9.24. The fourth-order valence-corrected chi connectivity index (χ4v) is 2.06. The highest BCUT2D eigenvalue weighted by Crippen LogP contribution is 2.19. The molecule has 1 heterocycles. The number of aryl methyl sites for hydroxylation is 2. The summed E-state index contributed by atoms with van der Waals surface area (Å²) in [6, 6.07) is 1.61. The van der Waals surface area contributed by atoms with E-state index in [4.69, 9.17) is 5.26 Å². The minimum Gasteiger partial charge on any atom is -0.325 e. The molecule has 0 saturated carbocycles. The number of carbonyl (C=O) groups is 1. The van der Waals surface area contributed by atoms with Gasteiger partial charge in [0.25, 0.3) is 5.91 Å². The molecule has 1 unspecified atom stereocenters. The summed E-state index contributed by atoms with van der Waals surface area (Å²) in [5.74, 6) is -0.132. The second-order valence-electron chi connectivity index (χ2n) is 3.37. The van der Waals surface area contributed by atoms with Gasteiger partial charge in [0.2, 0.25) is 0 Å². The molecule has 4 nitrogen and oxygen atoms in total. The molecule has 80 valence electrons. The van der Waals surface area contributed by atoms with Gasteiger partial charge in [-0.2, -0.15) is 5.26 Å². The van der Waals surface area contributed by atoms with E-state index in [0.29, 0.717) is 4.88 Å². The van der Waals surface area contributed by atoms with E-state index >= 15 is 0 Å². The van der Waals surface area contributed by atoms with Crippen LogP contribution >= 0.6 is 11.3 Å². The quantitative estimate of drug-likeness (QED) is 0.767. The molecule has 15 heavy (non-hydrogen) atoms. The molecule has 1 aromatic heterocycles. The van der Waals surface area contributed by atoms with E-state index in [2.05, 4.69) is 4.98 Å². The van der Waals surface area contributed by atoms with Crippen LogP contribution in [0.4, 0.5) is 0 Å². The predicted octanol–water partition coefficient (Wildman–Crippen LogP) is 1.74. The van der Waals surface area contributed by atoms with E-state index in [1.165, 1.54) is 16.2 Å². The zero-order valence-corrected chi connectivity index (χ0v) is 10.1. The van der Waals surface area contributed by atoms with Crippen LogP contribution in [-0.4, -0.2) is 28.9 Å². The average Bonchev–Trinajstić information content (AvgIpc) is 2.54. The van der Waals surface area contributed by atoms with E-state index in [1.807, 2.05) is 19.9 Å². The van der Waals surface area contributed by atoms with Crippen molar-refractivity contribution < 1.29 is 4.79 Å². The molecule has 1 rings (SSSR count). The first kappa shape index (κ1) is 11.7. The summed E-state index contributed by atoms with van der Waals surface area (Å²) in [7, 11) is 1.63. The molecule has 0 N–H and O–H groups in total. The third-order valence-electron chi connectivity index (χ3n) is 2.19. The van der Waals surface area contributed by atoms with Crippen molar-refractivity contribution in [3.8, 4) is 6.07 Å². The number of carbonyl (C=O) groups excluding carboxylic acids is 1. The lowest BCUT2D eigenvalue weighted by Crippen LogP contribution is -2.33. The van der Waals surface area contributed by atoms with Crippen LogP contribution < -0.4 is 0 Å². The van der Waals surface area contributed by atoms with Crippen LogP contribution in [0.1, 0.15) is 27.3 Å². The van der Waals surface area contributed by atoms with Crippen molar-refractivity contribution >= 4 is 17.2 Å². The molecule has 1 atom stereocenters. The third-order valence-corrected chi connectivity index (χ3v) is 3.25. The van der Waals surface area contributed by atoms with Crippen molar-refractivity contribution in [3.05, 3.63) is 15.6 Å². The topological polar surface area (TPSA) is 57.0 Å². The highest BCUT2D eigenvalue weighted by Gasteiger charge is 2.21. The Morgan fingerprint density at radius 2 is 2.20 bits per heavy atom. The lowest BCUT2D eigenvalue weighted by molar-refractivity contribution is 0.0777. The van der Waals surface area contributed by atoms with Crippen LogP contribution in [0.25, 0.3) is 0 Å². The monoisotopic (exact) mass is 223 g/mol. The second kappa shape index (κ2) is 4.41. The highest BCUT2D eigenvalue weighted by molar-refractivity contribution is 7.13. The summed E-state index contributed by atoms with van der Waals surface area (Å²) in [5.41, 5.74) is 0.736. The molecule has 5 heteroatoms. The molecule has 0 bridgehead atoms. The zero-order chi connectivity index (χ0) is 11.6. The minimum absolute atomic E-state index is 0.132. The molecule has 0 saturated heterocycles. The van der Waals surface area contributed by atoms with E-state index < -0.39 is 6.04 Å². The number of amides is 1. The van der Waals surface area contributed by atoms with Gasteiger partial charge in [-0.15, -0.1) is 11.3 Å². The molecule has 0 aliphatic rings. The number of hydrogen-bond donors (Lipinski definition) is 0. The van der Waals surface area contributed by atoms with Gasteiger partial charge in [-0.05, 0) is 20.8 Å². The summed E-state index contributed by atoms with van der Waals surface area (Å²) in [6.07, 6.45) is 0. The van der Waals surface area contributed by atoms with E-state index in [-0.39, 0.29) is 5.91 Å². The fraction of sp³-hybridized carbons (Fsp3) is 0.500. The molecular formula is C10H13N3OS. The summed E-state index contributed by atoms with van der Waals surface area (Å²) >= 11 is 1.37. The second-order valence-corrected chi connectivity index (χ2v) is 4.57. The van der Waals surface area contributed by atoms with Crippen molar-refractivity contribution in [1.29, 1.82) is 5.26 Å². The minimum atomic E-state index is -0.417. The van der Waals surface area contributed by atoms with Gasteiger partial charge in [0, 0.05) is 7.05 Å². The Bertz CT molecular complexity index is 419. The first-order chi connectivity index (χ1) is 6.97. The van der Waals surface area contributed by atoms with Crippen molar-refractivity contribution in [2.75, 3.05) is 7.05 Å². The van der Waals surface area contributed by atoms with E-state index in [0.717, 1.165) is 10.7 Å². The van der Waals surface area contributed by atoms with Crippen LogP contribution in [0.3, 0.4) is 0 Å². The van der Waals surface area contributed by atoms with E-state index in [9.17, 15) is 4.79 Å². The molecule has 0 aliphatic heterocycles. The molecule has 0 spiro atoms. The van der Waals surface area contributed by atoms with Crippen molar-refractivity contribution in [2.45, 2.75) is 26.8 Å². The van der Waals surface area contributed by atoms with Crippen molar-refractivity contribution in [1.82, 2.24) is 9.88 Å². The number of thiazole rings is 1. The fourth-order valence-electron chi connectivity index (χ4n) is 1.15. The predicted molar refractivity (Wildman–Crippen MR) is 58.8 cm³/mol. The molecule has 0 radical (unpaired) electrons. The number of rotatable bonds is 2. The molecule has 1 amide bonds. The third kappa shape index (κ3) is 2.34. The number of nitrogens with zero attached hydrogens (tertiary/aromatic N) is 3. The standard InChI is InChI=1S/C10H13N3OS/c1-6(5-11)13(4)10(14)9-7(2)12-8(3)15-9/h6H,1-4H3. The normalized spacial score (nSPS) is 11.9. The maximum atomic E-state index is 11.9. The smallest absolute Gasteiger partial charge is 0.266 e. The van der Waals surface area contributed by atoms with Gasteiger partial charge in [0.05, 0.1) is 16.8 Å². The number of nitriles is 1. The lowest BCUT2D eigenvalue weighted by Gasteiger charge is -2.18. The van der Waals surface area contributed by atoms with Crippen LogP contribution in [0.15, 0.2) is 0 Å². The average molecular weight is 223 g/mol. The first-order valence-corrected chi connectivity index (χ1v) is 5.39. The Hall–Kier alpha value is -1.41. The van der Waals surface area contributed by atoms with Gasteiger partial charge in [-0.3, -0.25) is 4.79 Å². The number of hydrogen-bond acceptors (Lipinski definition) is 4. The van der Waals surface area contributed by atoms with Gasteiger partial charge in [-0.25, -0.2) is 4.98 Å². The Kier molecular flexibility index (Phi) is 3.43. The van der Waals surface area contributed by atoms with Crippen molar-refractivity contribution in [3.63, 3.8) is 0 Å². The lowest BCUT2D eigenvalue weighted by atomic mass is 10.3. The Morgan fingerprint density at radius 3 is 2.60 bits per heavy atom. The summed E-state index contributed by atoms with van der Waals surface area (Å²) in [4.78, 5) is 18.2. The maximum absolute atomic E-state index is 11.9. The number of aromatic nitrogens is 1. The van der Waals surface area contributed by atoms with E-state index in [1.54, 1.807) is 14.0 Å². The van der Waals surface area contributed by atoms with Gasteiger partial charge < -0.3 is 4.90 Å². The van der Waals surface area contributed by atoms with Gasteiger partial charge in [0.1, 0.15) is 10.9 Å². The van der Waals surface area contributed by atoms with Crippen LogP contribution in [0.5, 0.6) is 0 Å². The Labute approximate surface area is 93.2 Å². The molecule has 0 fully saturated rings. The Balaban J connectivity index is 2.96. The summed E-state index contributed by atoms with van der Waals surface area (Å²) in [6.45, 7) is 5.37. The van der Waals surface area contributed by atoms with Crippen LogP contribution in [0, 0.1) is 25.2 Å². The largest absolute Gasteiger partial charge is 0.325 e. The molecule has 0 aromatic carbocycles. The van der Waals surface area contributed by atoms with Crippen molar-refractivity contribution in [2.24, 2.45) is 0 Å². The maximum Gasteiger partial charge on any atom is 0.266 e. The SMILES string of the molecule is Cc1nc(C)c(C(=O)N(C)C(C)C#N)s1. The summed E-state index contributed by atoms with van der Waals surface area (Å²) in [5, 5.41) is 9.59. The van der Waals surface area contributed by atoms with Crippen LogP contribution in [-0.2, 0) is 0 Å². The summed E-state index contributed by atoms with van der Waals surface area (Å²) < 4.78 is 0. The molecule has 1 aromatic rings. The first-order valence-electron chi connectivity index (χ1n) is 4.58. The van der Waals surface area contributed by atoms with Gasteiger partial charge in [0.15, 0.2) is 0 Å². The van der Waals surface area contributed by atoms with Crippen LogP contribution in [0.2, 0.25) is 0 Å².